The number of nitrogens with zero attached hydrogens (tertiary/aromatic N) is 5. The van der Waals surface area contributed by atoms with Crippen LogP contribution in [0.3, 0.4) is 0 Å². The molecule has 6 heteroatoms. The van der Waals surface area contributed by atoms with Crippen LogP contribution in [-0.4, -0.2) is 32.9 Å². The lowest BCUT2D eigenvalue weighted by atomic mass is 10.1. The van der Waals surface area contributed by atoms with E-state index in [0.29, 0.717) is 6.54 Å². The first-order chi connectivity index (χ1) is 10.8. The molecule has 2 aliphatic heterocycles. The van der Waals surface area contributed by atoms with Crippen LogP contribution in [0.2, 0.25) is 0 Å². The third kappa shape index (κ3) is 2.18. The Kier molecular flexibility index (Phi) is 3.00. The SMILES string of the molecule is Cn1cc(C2CN=C3C(Nc4ccccc4)=NC=CN32)cn1. The van der Waals surface area contributed by atoms with E-state index in [4.69, 9.17) is 0 Å². The normalized spacial score (nSPS) is 19.7. The second-order valence-electron chi connectivity index (χ2n) is 5.30. The van der Waals surface area contributed by atoms with Crippen LogP contribution in [-0.2, 0) is 7.05 Å². The monoisotopic (exact) mass is 292 g/mol. The number of aryl methyl sites for hydroxylation is 1. The van der Waals surface area contributed by atoms with Gasteiger partial charge in [0.25, 0.3) is 0 Å². The van der Waals surface area contributed by atoms with Gasteiger partial charge in [-0.1, -0.05) is 18.2 Å². The van der Waals surface area contributed by atoms with E-state index in [1.54, 1.807) is 6.20 Å². The largest absolute Gasteiger partial charge is 0.337 e. The van der Waals surface area contributed by atoms with Crippen LogP contribution >= 0.6 is 0 Å². The predicted molar refractivity (Wildman–Crippen MR) is 86.7 cm³/mol. The van der Waals surface area contributed by atoms with E-state index in [-0.39, 0.29) is 6.04 Å². The molecule has 1 aromatic heterocycles. The van der Waals surface area contributed by atoms with E-state index in [0.717, 1.165) is 22.9 Å². The van der Waals surface area contributed by atoms with E-state index in [9.17, 15) is 0 Å². The third-order valence-electron chi connectivity index (χ3n) is 3.78. The molecule has 0 fully saturated rings. The smallest absolute Gasteiger partial charge is 0.173 e. The van der Waals surface area contributed by atoms with Crippen molar-refractivity contribution in [1.82, 2.24) is 14.7 Å². The fourth-order valence-corrected chi connectivity index (χ4v) is 2.72. The second-order valence-corrected chi connectivity index (χ2v) is 5.30. The van der Waals surface area contributed by atoms with Gasteiger partial charge >= 0.3 is 0 Å². The zero-order valence-electron chi connectivity index (χ0n) is 12.2. The quantitative estimate of drug-likeness (QED) is 0.923. The Bertz CT molecular complexity index is 771. The highest BCUT2D eigenvalue weighted by molar-refractivity contribution is 6.45. The van der Waals surface area contributed by atoms with Gasteiger partial charge in [0.1, 0.15) is 0 Å². The summed E-state index contributed by atoms with van der Waals surface area (Å²) in [5.41, 5.74) is 2.16. The van der Waals surface area contributed by atoms with Crippen molar-refractivity contribution in [2.45, 2.75) is 6.04 Å². The zero-order chi connectivity index (χ0) is 14.9. The average molecular weight is 292 g/mol. The number of anilines is 1. The molecule has 110 valence electrons. The van der Waals surface area contributed by atoms with E-state index in [1.165, 1.54) is 0 Å². The number of benzene rings is 1. The van der Waals surface area contributed by atoms with Gasteiger partial charge in [-0.2, -0.15) is 5.10 Å². The molecule has 3 heterocycles. The van der Waals surface area contributed by atoms with Gasteiger partial charge in [-0.3, -0.25) is 9.67 Å². The highest BCUT2D eigenvalue weighted by Gasteiger charge is 2.32. The van der Waals surface area contributed by atoms with E-state index in [1.807, 2.05) is 60.7 Å². The van der Waals surface area contributed by atoms with E-state index >= 15 is 0 Å². The number of amidine groups is 2. The Morgan fingerprint density at radius 2 is 2.09 bits per heavy atom. The van der Waals surface area contributed by atoms with Crippen LogP contribution in [0.4, 0.5) is 5.69 Å². The zero-order valence-corrected chi connectivity index (χ0v) is 12.2. The lowest BCUT2D eigenvalue weighted by Crippen LogP contribution is -2.37. The predicted octanol–water partition coefficient (Wildman–Crippen LogP) is 2.17. The first-order valence-electron chi connectivity index (χ1n) is 7.19. The van der Waals surface area contributed by atoms with E-state index in [2.05, 4.69) is 25.3 Å². The Hall–Kier alpha value is -2.89. The maximum atomic E-state index is 4.66. The van der Waals surface area contributed by atoms with Crippen molar-refractivity contribution in [2.75, 3.05) is 11.9 Å². The molecule has 0 radical (unpaired) electrons. The Labute approximate surface area is 128 Å². The average Bonchev–Trinajstić information content (AvgIpc) is 3.15. The van der Waals surface area contributed by atoms with Gasteiger partial charge in [-0.15, -0.1) is 0 Å². The molecule has 0 amide bonds. The number of rotatable bonds is 2. The number of hydrogen-bond acceptors (Lipinski definition) is 5. The van der Waals surface area contributed by atoms with Crippen LogP contribution in [0, 0.1) is 0 Å². The van der Waals surface area contributed by atoms with Crippen LogP contribution in [0.5, 0.6) is 0 Å². The Morgan fingerprint density at radius 3 is 2.86 bits per heavy atom. The molecular formula is C16H16N6. The van der Waals surface area contributed by atoms with Crippen molar-refractivity contribution < 1.29 is 0 Å². The Morgan fingerprint density at radius 1 is 1.23 bits per heavy atom. The molecule has 0 spiro atoms. The molecule has 0 saturated carbocycles. The molecular weight excluding hydrogens is 276 g/mol. The lowest BCUT2D eigenvalue weighted by molar-refractivity contribution is 0.458. The van der Waals surface area contributed by atoms with Crippen molar-refractivity contribution in [2.24, 2.45) is 17.0 Å². The number of hydrogen-bond donors (Lipinski definition) is 1. The van der Waals surface area contributed by atoms with Crippen LogP contribution < -0.4 is 5.32 Å². The lowest BCUT2D eigenvalue weighted by Gasteiger charge is -2.26. The van der Waals surface area contributed by atoms with Crippen LogP contribution in [0.1, 0.15) is 11.6 Å². The maximum Gasteiger partial charge on any atom is 0.173 e. The van der Waals surface area contributed by atoms with Crippen molar-refractivity contribution in [3.05, 3.63) is 60.7 Å². The van der Waals surface area contributed by atoms with Gasteiger partial charge in [-0.05, 0) is 12.1 Å². The molecule has 1 unspecified atom stereocenters. The first-order valence-corrected chi connectivity index (χ1v) is 7.19. The molecule has 6 nitrogen and oxygen atoms in total. The molecule has 0 saturated heterocycles. The highest BCUT2D eigenvalue weighted by Crippen LogP contribution is 2.28. The second kappa shape index (κ2) is 5.14. The van der Waals surface area contributed by atoms with Crippen molar-refractivity contribution >= 4 is 17.4 Å². The highest BCUT2D eigenvalue weighted by atomic mass is 15.3. The number of aromatic nitrogens is 2. The minimum Gasteiger partial charge on any atom is -0.337 e. The summed E-state index contributed by atoms with van der Waals surface area (Å²) < 4.78 is 1.82. The number of nitrogens with one attached hydrogen (secondary N) is 1. The third-order valence-corrected chi connectivity index (χ3v) is 3.78. The van der Waals surface area contributed by atoms with Gasteiger partial charge < -0.3 is 10.2 Å². The van der Waals surface area contributed by atoms with Crippen LogP contribution in [0.25, 0.3) is 0 Å². The van der Waals surface area contributed by atoms with Crippen molar-refractivity contribution in [3.63, 3.8) is 0 Å². The summed E-state index contributed by atoms with van der Waals surface area (Å²) >= 11 is 0. The van der Waals surface area contributed by atoms with Gasteiger partial charge in [0.2, 0.25) is 0 Å². The van der Waals surface area contributed by atoms with Crippen molar-refractivity contribution in [1.29, 1.82) is 0 Å². The molecule has 1 N–H and O–H groups in total. The summed E-state index contributed by atoms with van der Waals surface area (Å²) in [6.45, 7) is 0.709. The molecule has 1 aromatic carbocycles. The fraction of sp³-hybridized carbons (Fsp3) is 0.188. The van der Waals surface area contributed by atoms with E-state index < -0.39 is 0 Å². The number of para-hydroxylation sites is 1. The van der Waals surface area contributed by atoms with Gasteiger partial charge in [0, 0.05) is 36.9 Å². The molecule has 2 aromatic rings. The minimum absolute atomic E-state index is 0.183. The molecule has 0 aliphatic carbocycles. The van der Waals surface area contributed by atoms with Gasteiger partial charge in [-0.25, -0.2) is 4.99 Å². The molecule has 1 atom stereocenters. The summed E-state index contributed by atoms with van der Waals surface area (Å²) in [6, 6.07) is 10.2. The molecule has 22 heavy (non-hydrogen) atoms. The van der Waals surface area contributed by atoms with Crippen molar-refractivity contribution in [3.8, 4) is 0 Å². The topological polar surface area (TPSA) is 57.8 Å². The summed E-state index contributed by atoms with van der Waals surface area (Å²) in [6.07, 6.45) is 7.71. The summed E-state index contributed by atoms with van der Waals surface area (Å²) in [7, 11) is 1.93. The Balaban J connectivity index is 1.58. The molecule has 2 aliphatic rings. The number of fused-ring (bicyclic) bond motifs is 1. The van der Waals surface area contributed by atoms with Gasteiger partial charge in [0.05, 0.1) is 18.8 Å². The summed E-state index contributed by atoms with van der Waals surface area (Å²) in [5.74, 6) is 1.65. The first kappa shape index (κ1) is 12.8. The maximum absolute atomic E-state index is 4.66. The molecule has 0 bridgehead atoms. The summed E-state index contributed by atoms with van der Waals surface area (Å²) in [4.78, 5) is 11.2. The summed E-state index contributed by atoms with van der Waals surface area (Å²) in [5, 5.41) is 7.59. The fourth-order valence-electron chi connectivity index (χ4n) is 2.72. The van der Waals surface area contributed by atoms with Crippen LogP contribution in [0.15, 0.2) is 65.1 Å². The number of aliphatic imine (C=N–C) groups is 2. The standard InChI is InChI=1S/C16H16N6/c1-21-11-12(9-19-21)14-10-18-16-15(17-7-8-22(14)16)20-13-5-3-2-4-6-13/h2-9,11,14H,10H2,1H3,(H,17,20). The molecule has 4 rings (SSSR count). The minimum atomic E-state index is 0.183. The van der Waals surface area contributed by atoms with Gasteiger partial charge in [0.15, 0.2) is 11.7 Å².